The molecule has 2 N–H and O–H groups in total. The van der Waals surface area contributed by atoms with Crippen LogP contribution in [-0.2, 0) is 22.6 Å². The minimum atomic E-state index is -0.582. The third-order valence-corrected chi connectivity index (χ3v) is 5.89. The average molecular weight is 452 g/mol. The van der Waals surface area contributed by atoms with Gasteiger partial charge in [-0.3, -0.25) is 9.59 Å². The number of hydrogen-bond acceptors (Lipinski definition) is 2. The Balaban J connectivity index is 1.42. The standard InChI is InChI=1S/C23H22BrN3O2/c1-15(25-21(28)11-10-16-6-3-2-4-7-16)23(29)27-13-12-20-18(14-27)17-8-5-9-19(24)22(17)26-20/h2-11,15,26H,12-14H2,1H3,(H,25,28)/b11-10+. The molecular formula is C23H22BrN3O2. The average Bonchev–Trinajstić information content (AvgIpc) is 3.12. The molecule has 0 bridgehead atoms. The maximum atomic E-state index is 12.9. The Labute approximate surface area is 177 Å². The van der Waals surface area contributed by atoms with Crippen molar-refractivity contribution in [3.63, 3.8) is 0 Å². The Morgan fingerprint density at radius 1 is 1.17 bits per heavy atom. The van der Waals surface area contributed by atoms with Crippen LogP contribution in [0.15, 0.2) is 59.1 Å². The quantitative estimate of drug-likeness (QED) is 0.587. The molecular weight excluding hydrogens is 430 g/mol. The van der Waals surface area contributed by atoms with Gasteiger partial charge in [0.05, 0.1) is 5.52 Å². The highest BCUT2D eigenvalue weighted by Gasteiger charge is 2.27. The smallest absolute Gasteiger partial charge is 0.245 e. The first-order valence-electron chi connectivity index (χ1n) is 9.63. The molecule has 2 amide bonds. The molecule has 0 radical (unpaired) electrons. The topological polar surface area (TPSA) is 65.2 Å². The summed E-state index contributed by atoms with van der Waals surface area (Å²) in [5.74, 6) is -0.343. The summed E-state index contributed by atoms with van der Waals surface area (Å²) in [6.45, 7) is 2.92. The van der Waals surface area contributed by atoms with Gasteiger partial charge in [-0.1, -0.05) is 42.5 Å². The van der Waals surface area contributed by atoms with Crippen molar-refractivity contribution in [3.05, 3.63) is 75.9 Å². The van der Waals surface area contributed by atoms with E-state index in [9.17, 15) is 9.59 Å². The second kappa shape index (κ2) is 8.25. The van der Waals surface area contributed by atoms with Crippen molar-refractivity contribution in [3.8, 4) is 0 Å². The second-order valence-electron chi connectivity index (χ2n) is 7.23. The van der Waals surface area contributed by atoms with Gasteiger partial charge in [0.2, 0.25) is 11.8 Å². The van der Waals surface area contributed by atoms with E-state index < -0.39 is 6.04 Å². The minimum Gasteiger partial charge on any atom is -0.357 e. The number of nitrogens with zero attached hydrogens (tertiary/aromatic N) is 1. The lowest BCUT2D eigenvalue weighted by atomic mass is 10.0. The van der Waals surface area contributed by atoms with Crippen LogP contribution in [0.3, 0.4) is 0 Å². The molecule has 1 aliphatic rings. The molecule has 4 rings (SSSR count). The van der Waals surface area contributed by atoms with Crippen LogP contribution in [0, 0.1) is 0 Å². The van der Waals surface area contributed by atoms with Crippen LogP contribution in [0.2, 0.25) is 0 Å². The van der Waals surface area contributed by atoms with Crippen LogP contribution in [0.4, 0.5) is 0 Å². The molecule has 29 heavy (non-hydrogen) atoms. The molecule has 0 fully saturated rings. The fourth-order valence-electron chi connectivity index (χ4n) is 3.72. The van der Waals surface area contributed by atoms with Gasteiger partial charge in [-0.25, -0.2) is 0 Å². The molecule has 1 aromatic heterocycles. The summed E-state index contributed by atoms with van der Waals surface area (Å²) in [7, 11) is 0. The van der Waals surface area contributed by atoms with Crippen LogP contribution >= 0.6 is 15.9 Å². The number of aromatic amines is 1. The highest BCUT2D eigenvalue weighted by molar-refractivity contribution is 9.10. The minimum absolute atomic E-state index is 0.0681. The van der Waals surface area contributed by atoms with Crippen LogP contribution in [0.25, 0.3) is 17.0 Å². The fraction of sp³-hybridized carbons (Fsp3) is 0.217. The maximum absolute atomic E-state index is 12.9. The van der Waals surface area contributed by atoms with Crippen molar-refractivity contribution in [2.75, 3.05) is 6.54 Å². The van der Waals surface area contributed by atoms with Crippen molar-refractivity contribution in [1.29, 1.82) is 0 Å². The van der Waals surface area contributed by atoms with Crippen LogP contribution < -0.4 is 5.32 Å². The van der Waals surface area contributed by atoms with Crippen molar-refractivity contribution < 1.29 is 9.59 Å². The van der Waals surface area contributed by atoms with Crippen molar-refractivity contribution >= 4 is 44.7 Å². The number of carbonyl (C=O) groups excluding carboxylic acids is 2. The van der Waals surface area contributed by atoms with E-state index >= 15 is 0 Å². The van der Waals surface area contributed by atoms with E-state index in [4.69, 9.17) is 0 Å². The summed E-state index contributed by atoms with van der Waals surface area (Å²) < 4.78 is 1.02. The van der Waals surface area contributed by atoms with Gasteiger partial charge in [0.15, 0.2) is 0 Å². The van der Waals surface area contributed by atoms with Crippen LogP contribution in [0.1, 0.15) is 23.7 Å². The molecule has 0 saturated carbocycles. The van der Waals surface area contributed by atoms with Gasteiger partial charge in [0.25, 0.3) is 0 Å². The number of carbonyl (C=O) groups is 2. The predicted molar refractivity (Wildman–Crippen MR) is 118 cm³/mol. The largest absolute Gasteiger partial charge is 0.357 e. The summed E-state index contributed by atoms with van der Waals surface area (Å²) in [6.07, 6.45) is 3.98. The molecule has 0 saturated heterocycles. The molecule has 3 aromatic rings. The number of H-pyrrole nitrogens is 1. The first kappa shape index (κ1) is 19.5. The molecule has 2 aromatic carbocycles. The monoisotopic (exact) mass is 451 g/mol. The Morgan fingerprint density at radius 2 is 1.97 bits per heavy atom. The van der Waals surface area contributed by atoms with Gasteiger partial charge in [0, 0.05) is 46.7 Å². The van der Waals surface area contributed by atoms with E-state index in [0.717, 1.165) is 32.9 Å². The number of halogens is 1. The van der Waals surface area contributed by atoms with Gasteiger partial charge in [-0.15, -0.1) is 0 Å². The van der Waals surface area contributed by atoms with Crippen molar-refractivity contribution in [1.82, 2.24) is 15.2 Å². The normalized spacial score (nSPS) is 14.8. The third kappa shape index (κ3) is 4.12. The number of aromatic nitrogens is 1. The van der Waals surface area contributed by atoms with E-state index in [1.165, 1.54) is 11.8 Å². The number of hydrogen-bond donors (Lipinski definition) is 2. The van der Waals surface area contributed by atoms with E-state index in [1.54, 1.807) is 13.0 Å². The lowest BCUT2D eigenvalue weighted by Gasteiger charge is -2.29. The van der Waals surface area contributed by atoms with Crippen molar-refractivity contribution in [2.45, 2.75) is 25.9 Å². The van der Waals surface area contributed by atoms with Crippen molar-refractivity contribution in [2.24, 2.45) is 0 Å². The molecule has 1 aliphatic heterocycles. The van der Waals surface area contributed by atoms with Crippen LogP contribution in [0.5, 0.6) is 0 Å². The van der Waals surface area contributed by atoms with Gasteiger partial charge >= 0.3 is 0 Å². The predicted octanol–water partition coefficient (Wildman–Crippen LogP) is 4.03. The third-order valence-electron chi connectivity index (χ3n) is 5.23. The van der Waals surface area contributed by atoms with E-state index in [-0.39, 0.29) is 11.8 Å². The van der Waals surface area contributed by atoms with Gasteiger partial charge < -0.3 is 15.2 Å². The molecule has 2 heterocycles. The SMILES string of the molecule is CC(NC(=O)/C=C/c1ccccc1)C(=O)N1CCc2[nH]c3c(Br)cccc3c2C1. The summed E-state index contributed by atoms with van der Waals surface area (Å²) in [6, 6.07) is 15.1. The summed E-state index contributed by atoms with van der Waals surface area (Å²) in [4.78, 5) is 30.4. The zero-order valence-corrected chi connectivity index (χ0v) is 17.7. The Morgan fingerprint density at radius 3 is 2.76 bits per heavy atom. The van der Waals surface area contributed by atoms with Gasteiger partial charge in [-0.2, -0.15) is 0 Å². The maximum Gasteiger partial charge on any atom is 0.245 e. The zero-order valence-electron chi connectivity index (χ0n) is 16.1. The first-order chi connectivity index (χ1) is 14.0. The summed E-state index contributed by atoms with van der Waals surface area (Å²) in [5, 5.41) is 3.91. The van der Waals surface area contributed by atoms with Gasteiger partial charge in [0.1, 0.15) is 6.04 Å². The van der Waals surface area contributed by atoms with E-state index in [0.29, 0.717) is 13.1 Å². The Bertz CT molecular complexity index is 1090. The Hall–Kier alpha value is -2.86. The molecule has 0 spiro atoms. The number of rotatable bonds is 4. The summed E-state index contributed by atoms with van der Waals surface area (Å²) >= 11 is 3.58. The number of benzene rings is 2. The zero-order chi connectivity index (χ0) is 20.4. The highest BCUT2D eigenvalue weighted by Crippen LogP contribution is 2.31. The number of para-hydroxylation sites is 1. The second-order valence-corrected chi connectivity index (χ2v) is 8.08. The number of fused-ring (bicyclic) bond motifs is 3. The highest BCUT2D eigenvalue weighted by atomic mass is 79.9. The van der Waals surface area contributed by atoms with E-state index in [1.807, 2.05) is 47.4 Å². The molecule has 0 aliphatic carbocycles. The van der Waals surface area contributed by atoms with E-state index in [2.05, 4.69) is 32.3 Å². The Kier molecular flexibility index (Phi) is 5.53. The number of amides is 2. The lowest BCUT2D eigenvalue weighted by molar-refractivity contribution is -0.135. The molecule has 5 nitrogen and oxygen atoms in total. The molecule has 6 heteroatoms. The van der Waals surface area contributed by atoms with Crippen LogP contribution in [-0.4, -0.2) is 34.3 Å². The first-order valence-corrected chi connectivity index (χ1v) is 10.4. The molecule has 1 atom stereocenters. The van der Waals surface area contributed by atoms with Gasteiger partial charge in [-0.05, 0) is 40.6 Å². The fourth-order valence-corrected chi connectivity index (χ4v) is 4.19. The number of nitrogens with one attached hydrogen (secondary N) is 2. The summed E-state index contributed by atoms with van der Waals surface area (Å²) in [5.41, 5.74) is 4.34. The molecule has 148 valence electrons. The lowest BCUT2D eigenvalue weighted by Crippen LogP contribution is -2.48. The molecule has 1 unspecified atom stereocenters.